The molecule has 0 spiro atoms. The number of rotatable bonds is 5. The minimum atomic E-state index is -0.552. The third-order valence-corrected chi connectivity index (χ3v) is 3.30. The summed E-state index contributed by atoms with van der Waals surface area (Å²) in [5.74, 6) is 0.359. The Bertz CT molecular complexity index is 514. The zero-order chi connectivity index (χ0) is 14.5. The van der Waals surface area contributed by atoms with E-state index in [1.807, 2.05) is 18.2 Å². The van der Waals surface area contributed by atoms with E-state index >= 15 is 0 Å². The van der Waals surface area contributed by atoms with Gasteiger partial charge in [0.15, 0.2) is 11.6 Å². The summed E-state index contributed by atoms with van der Waals surface area (Å²) < 4.78 is 5.58. The van der Waals surface area contributed by atoms with Crippen LogP contribution in [-0.2, 0) is 9.53 Å². The Hall–Kier alpha value is -1.90. The fourth-order valence-corrected chi connectivity index (χ4v) is 2.21. The van der Waals surface area contributed by atoms with Crippen LogP contribution in [-0.4, -0.2) is 18.2 Å². The third kappa shape index (κ3) is 3.56. The highest BCUT2D eigenvalue weighted by atomic mass is 16.5. The lowest BCUT2D eigenvalue weighted by atomic mass is 9.85. The topological polar surface area (TPSA) is 43.4 Å². The molecule has 20 heavy (non-hydrogen) atoms. The van der Waals surface area contributed by atoms with E-state index in [1.54, 1.807) is 12.1 Å². The van der Waals surface area contributed by atoms with Gasteiger partial charge in [0.1, 0.15) is 0 Å². The molecule has 0 radical (unpaired) electrons. The third-order valence-electron chi connectivity index (χ3n) is 3.30. The molecule has 1 aromatic carbocycles. The summed E-state index contributed by atoms with van der Waals surface area (Å²) in [6, 6.07) is 8.99. The van der Waals surface area contributed by atoms with Crippen molar-refractivity contribution in [1.29, 1.82) is 0 Å². The molecular formula is C17H20O3. The number of Topliss-reactive ketones (excluding diaryl/α,β-unsaturated/α-hetero) is 1. The fourth-order valence-electron chi connectivity index (χ4n) is 2.21. The lowest BCUT2D eigenvalue weighted by Crippen LogP contribution is -2.26. The van der Waals surface area contributed by atoms with Gasteiger partial charge < -0.3 is 4.74 Å². The smallest absolute Gasteiger partial charge is 0.173 e. The standard InChI is InChI=1S/C17H20O3/c1-12(2)11-20-14-8-9-15(16(18)10-14)17(19)13-6-4-3-5-7-13/h3-7,10,12,15H,8-9,11H2,1-2H3. The minimum absolute atomic E-state index is 0.0882. The average molecular weight is 272 g/mol. The van der Waals surface area contributed by atoms with Gasteiger partial charge in [-0.3, -0.25) is 9.59 Å². The highest BCUT2D eigenvalue weighted by Crippen LogP contribution is 2.25. The summed E-state index contributed by atoms with van der Waals surface area (Å²) in [6.45, 7) is 4.73. The number of carbonyl (C=O) groups is 2. The van der Waals surface area contributed by atoms with Gasteiger partial charge in [0, 0.05) is 18.1 Å². The highest BCUT2D eigenvalue weighted by molar-refractivity contribution is 6.14. The van der Waals surface area contributed by atoms with Crippen LogP contribution in [0.2, 0.25) is 0 Å². The Morgan fingerprint density at radius 1 is 1.30 bits per heavy atom. The van der Waals surface area contributed by atoms with Crippen molar-refractivity contribution in [2.24, 2.45) is 11.8 Å². The molecule has 0 amide bonds. The first-order valence-corrected chi connectivity index (χ1v) is 7.04. The Morgan fingerprint density at radius 3 is 2.60 bits per heavy atom. The Morgan fingerprint density at radius 2 is 2.00 bits per heavy atom. The molecule has 0 fully saturated rings. The maximum absolute atomic E-state index is 12.3. The van der Waals surface area contributed by atoms with Gasteiger partial charge in [-0.25, -0.2) is 0 Å². The van der Waals surface area contributed by atoms with Gasteiger partial charge in [-0.05, 0) is 12.3 Å². The largest absolute Gasteiger partial charge is 0.498 e. The van der Waals surface area contributed by atoms with Gasteiger partial charge in [-0.15, -0.1) is 0 Å². The van der Waals surface area contributed by atoms with Crippen molar-refractivity contribution < 1.29 is 14.3 Å². The Balaban J connectivity index is 2.03. The Labute approximate surface area is 119 Å². The Kier molecular flexibility index (Phi) is 4.72. The van der Waals surface area contributed by atoms with Gasteiger partial charge in [0.2, 0.25) is 0 Å². The minimum Gasteiger partial charge on any atom is -0.498 e. The summed E-state index contributed by atoms with van der Waals surface area (Å²) in [6.07, 6.45) is 2.69. The average Bonchev–Trinajstić information content (AvgIpc) is 2.45. The first kappa shape index (κ1) is 14.5. The van der Waals surface area contributed by atoms with E-state index in [4.69, 9.17) is 4.74 Å². The zero-order valence-electron chi connectivity index (χ0n) is 12.0. The number of ketones is 2. The van der Waals surface area contributed by atoms with Gasteiger partial charge >= 0.3 is 0 Å². The SMILES string of the molecule is CC(C)COC1=CC(=O)C(C(=O)c2ccccc2)CC1. The van der Waals surface area contributed by atoms with Crippen LogP contribution in [0.1, 0.15) is 37.0 Å². The number of allylic oxidation sites excluding steroid dienone is 2. The molecule has 2 rings (SSSR count). The molecule has 1 aromatic rings. The summed E-state index contributed by atoms with van der Waals surface area (Å²) in [7, 11) is 0. The van der Waals surface area contributed by atoms with E-state index in [-0.39, 0.29) is 11.6 Å². The van der Waals surface area contributed by atoms with Crippen LogP contribution >= 0.6 is 0 Å². The van der Waals surface area contributed by atoms with Gasteiger partial charge in [-0.2, -0.15) is 0 Å². The monoisotopic (exact) mass is 272 g/mol. The predicted octanol–water partition coefficient (Wildman–Crippen LogP) is 3.40. The molecule has 1 aliphatic rings. The van der Waals surface area contributed by atoms with Crippen molar-refractivity contribution in [2.75, 3.05) is 6.61 Å². The summed E-state index contributed by atoms with van der Waals surface area (Å²) >= 11 is 0. The van der Waals surface area contributed by atoms with Crippen LogP contribution in [0.4, 0.5) is 0 Å². The van der Waals surface area contributed by atoms with Crippen LogP contribution in [0.15, 0.2) is 42.2 Å². The molecule has 106 valence electrons. The number of benzene rings is 1. The molecular weight excluding hydrogens is 252 g/mol. The molecule has 0 saturated carbocycles. The quantitative estimate of drug-likeness (QED) is 0.609. The van der Waals surface area contributed by atoms with Crippen molar-refractivity contribution in [3.63, 3.8) is 0 Å². The zero-order valence-corrected chi connectivity index (χ0v) is 12.0. The second-order valence-corrected chi connectivity index (χ2v) is 5.54. The first-order chi connectivity index (χ1) is 9.58. The molecule has 0 aliphatic heterocycles. The van der Waals surface area contributed by atoms with Crippen LogP contribution in [0.5, 0.6) is 0 Å². The number of hydrogen-bond acceptors (Lipinski definition) is 3. The van der Waals surface area contributed by atoms with Crippen molar-refractivity contribution in [3.8, 4) is 0 Å². The van der Waals surface area contributed by atoms with Crippen molar-refractivity contribution >= 4 is 11.6 Å². The van der Waals surface area contributed by atoms with E-state index in [0.29, 0.717) is 36.7 Å². The molecule has 0 heterocycles. The molecule has 0 bridgehead atoms. The second kappa shape index (κ2) is 6.51. The van der Waals surface area contributed by atoms with Crippen LogP contribution in [0, 0.1) is 11.8 Å². The molecule has 0 aromatic heterocycles. The van der Waals surface area contributed by atoms with E-state index in [0.717, 1.165) is 0 Å². The maximum Gasteiger partial charge on any atom is 0.173 e. The summed E-state index contributed by atoms with van der Waals surface area (Å²) in [4.78, 5) is 24.4. The normalized spacial score (nSPS) is 18.9. The van der Waals surface area contributed by atoms with Gasteiger partial charge in [0.25, 0.3) is 0 Å². The van der Waals surface area contributed by atoms with Crippen LogP contribution < -0.4 is 0 Å². The molecule has 3 nitrogen and oxygen atoms in total. The number of carbonyl (C=O) groups excluding carboxylic acids is 2. The second-order valence-electron chi connectivity index (χ2n) is 5.54. The van der Waals surface area contributed by atoms with Crippen LogP contribution in [0.3, 0.4) is 0 Å². The predicted molar refractivity (Wildman–Crippen MR) is 77.4 cm³/mol. The van der Waals surface area contributed by atoms with Gasteiger partial charge in [0.05, 0.1) is 18.3 Å². The van der Waals surface area contributed by atoms with Gasteiger partial charge in [-0.1, -0.05) is 44.2 Å². The molecule has 1 atom stereocenters. The molecule has 0 N–H and O–H groups in total. The maximum atomic E-state index is 12.3. The molecule has 3 heteroatoms. The summed E-state index contributed by atoms with van der Waals surface area (Å²) in [5, 5.41) is 0. The lowest BCUT2D eigenvalue weighted by molar-refractivity contribution is -0.117. The lowest BCUT2D eigenvalue weighted by Gasteiger charge is -2.21. The van der Waals surface area contributed by atoms with Crippen LogP contribution in [0.25, 0.3) is 0 Å². The fraction of sp³-hybridized carbons (Fsp3) is 0.412. The van der Waals surface area contributed by atoms with E-state index in [9.17, 15) is 9.59 Å². The highest BCUT2D eigenvalue weighted by Gasteiger charge is 2.30. The molecule has 1 unspecified atom stereocenters. The number of hydrogen-bond donors (Lipinski definition) is 0. The van der Waals surface area contributed by atoms with E-state index in [2.05, 4.69) is 13.8 Å². The van der Waals surface area contributed by atoms with Crippen molar-refractivity contribution in [2.45, 2.75) is 26.7 Å². The number of ether oxygens (including phenoxy) is 1. The summed E-state index contributed by atoms with van der Waals surface area (Å²) in [5.41, 5.74) is 0.603. The van der Waals surface area contributed by atoms with Crippen molar-refractivity contribution in [3.05, 3.63) is 47.7 Å². The van der Waals surface area contributed by atoms with E-state index in [1.165, 1.54) is 6.08 Å². The first-order valence-electron chi connectivity index (χ1n) is 7.04. The molecule has 0 saturated heterocycles. The van der Waals surface area contributed by atoms with Crippen molar-refractivity contribution in [1.82, 2.24) is 0 Å². The molecule has 1 aliphatic carbocycles. The van der Waals surface area contributed by atoms with E-state index < -0.39 is 5.92 Å².